The van der Waals surface area contributed by atoms with Crippen LogP contribution in [0.2, 0.25) is 0 Å². The second-order valence-corrected chi connectivity index (χ2v) is 3.24. The normalized spacial score (nSPS) is 21.8. The number of carbonyl (C=O) groups excluding carboxylic acids is 1. The van der Waals surface area contributed by atoms with Crippen molar-refractivity contribution in [1.29, 1.82) is 0 Å². The van der Waals surface area contributed by atoms with Crippen molar-refractivity contribution in [2.75, 3.05) is 5.32 Å². The topological polar surface area (TPSA) is 46.9 Å². The second-order valence-electron chi connectivity index (χ2n) is 3.24. The Morgan fingerprint density at radius 3 is 3.25 bits per heavy atom. The zero-order valence-corrected chi connectivity index (χ0v) is 7.16. The molecule has 1 atom stereocenters. The van der Waals surface area contributed by atoms with E-state index in [2.05, 4.69) is 10.4 Å². The van der Waals surface area contributed by atoms with Crippen LogP contribution >= 0.6 is 0 Å². The van der Waals surface area contributed by atoms with Crippen molar-refractivity contribution in [1.82, 2.24) is 9.78 Å². The highest BCUT2D eigenvalue weighted by molar-refractivity contribution is 5.94. The molecule has 1 unspecified atom stereocenters. The summed E-state index contributed by atoms with van der Waals surface area (Å²) in [6, 6.07) is 0. The number of anilines is 1. The van der Waals surface area contributed by atoms with E-state index in [4.69, 9.17) is 0 Å². The minimum absolute atomic E-state index is 0.0710. The van der Waals surface area contributed by atoms with Gasteiger partial charge in [-0.05, 0) is 6.42 Å². The van der Waals surface area contributed by atoms with Crippen molar-refractivity contribution in [3.8, 4) is 0 Å². The van der Waals surface area contributed by atoms with Crippen LogP contribution in [0.5, 0.6) is 0 Å². The molecule has 0 fully saturated rings. The van der Waals surface area contributed by atoms with Gasteiger partial charge in [0.05, 0.1) is 6.20 Å². The van der Waals surface area contributed by atoms with Gasteiger partial charge in [-0.3, -0.25) is 9.48 Å². The molecule has 0 radical (unpaired) electrons. The van der Waals surface area contributed by atoms with Crippen molar-refractivity contribution in [2.24, 2.45) is 13.0 Å². The van der Waals surface area contributed by atoms with Gasteiger partial charge in [0.1, 0.15) is 5.82 Å². The summed E-state index contributed by atoms with van der Waals surface area (Å²) in [6.07, 6.45) is 2.61. The zero-order chi connectivity index (χ0) is 8.72. The Morgan fingerprint density at radius 2 is 2.50 bits per heavy atom. The molecule has 0 aliphatic carbocycles. The van der Waals surface area contributed by atoms with E-state index in [0.29, 0.717) is 0 Å². The third-order valence-electron chi connectivity index (χ3n) is 2.23. The Labute approximate surface area is 70.6 Å². The Hall–Kier alpha value is -1.32. The average Bonchev–Trinajstić information content (AvgIpc) is 2.35. The predicted octanol–water partition coefficient (Wildman–Crippen LogP) is 0.551. The molecule has 0 saturated heterocycles. The molecule has 1 aromatic heterocycles. The van der Waals surface area contributed by atoms with Gasteiger partial charge in [0.2, 0.25) is 5.91 Å². The van der Waals surface area contributed by atoms with Gasteiger partial charge in [0, 0.05) is 18.5 Å². The summed E-state index contributed by atoms with van der Waals surface area (Å²) >= 11 is 0. The number of carbonyl (C=O) groups is 1. The van der Waals surface area contributed by atoms with Crippen LogP contribution in [-0.2, 0) is 18.3 Å². The number of hydrogen-bond donors (Lipinski definition) is 1. The van der Waals surface area contributed by atoms with Crippen LogP contribution in [0.1, 0.15) is 12.5 Å². The Bertz CT molecular complexity index is 329. The molecule has 0 saturated carbocycles. The zero-order valence-electron chi connectivity index (χ0n) is 7.16. The van der Waals surface area contributed by atoms with E-state index in [1.807, 2.05) is 20.2 Å². The highest BCUT2D eigenvalue weighted by atomic mass is 16.2. The van der Waals surface area contributed by atoms with Gasteiger partial charge in [-0.1, -0.05) is 6.92 Å². The molecule has 0 aromatic carbocycles. The van der Waals surface area contributed by atoms with Crippen LogP contribution in [0.4, 0.5) is 5.82 Å². The van der Waals surface area contributed by atoms with Crippen LogP contribution < -0.4 is 5.32 Å². The SMILES string of the molecule is CC1Cc2cnn(C)c2NC1=O. The summed E-state index contributed by atoms with van der Waals surface area (Å²) in [6.45, 7) is 1.92. The number of aromatic nitrogens is 2. The van der Waals surface area contributed by atoms with E-state index in [-0.39, 0.29) is 11.8 Å². The highest BCUT2D eigenvalue weighted by Crippen LogP contribution is 2.23. The van der Waals surface area contributed by atoms with E-state index in [1.54, 1.807) is 4.68 Å². The average molecular weight is 165 g/mol. The number of amides is 1. The van der Waals surface area contributed by atoms with Crippen molar-refractivity contribution in [2.45, 2.75) is 13.3 Å². The Balaban J connectivity index is 2.43. The third kappa shape index (κ3) is 0.913. The minimum atomic E-state index is 0.0710. The summed E-state index contributed by atoms with van der Waals surface area (Å²) < 4.78 is 1.69. The molecule has 0 bridgehead atoms. The summed E-state index contributed by atoms with van der Waals surface area (Å²) in [5.41, 5.74) is 1.13. The molecule has 1 aliphatic heterocycles. The molecular formula is C8H11N3O. The fourth-order valence-corrected chi connectivity index (χ4v) is 1.46. The molecule has 1 aromatic rings. The number of nitrogens with one attached hydrogen (secondary N) is 1. The highest BCUT2D eigenvalue weighted by Gasteiger charge is 2.24. The van der Waals surface area contributed by atoms with Crippen molar-refractivity contribution < 1.29 is 4.79 Å². The van der Waals surface area contributed by atoms with Crippen LogP contribution in [0.25, 0.3) is 0 Å². The van der Waals surface area contributed by atoms with Gasteiger partial charge < -0.3 is 5.32 Å². The van der Waals surface area contributed by atoms with E-state index in [1.165, 1.54) is 0 Å². The maximum Gasteiger partial charge on any atom is 0.228 e. The van der Waals surface area contributed by atoms with Gasteiger partial charge in [-0.25, -0.2) is 0 Å². The molecule has 64 valence electrons. The smallest absolute Gasteiger partial charge is 0.228 e. The third-order valence-corrected chi connectivity index (χ3v) is 2.23. The number of rotatable bonds is 0. The first-order valence-corrected chi connectivity index (χ1v) is 4.00. The van der Waals surface area contributed by atoms with Crippen LogP contribution in [-0.4, -0.2) is 15.7 Å². The monoisotopic (exact) mass is 165 g/mol. The summed E-state index contributed by atoms with van der Waals surface area (Å²) in [5, 5.41) is 6.89. The van der Waals surface area contributed by atoms with Gasteiger partial charge in [0.15, 0.2) is 0 Å². The van der Waals surface area contributed by atoms with Crippen LogP contribution in [0.15, 0.2) is 6.20 Å². The van der Waals surface area contributed by atoms with E-state index < -0.39 is 0 Å². The molecule has 1 N–H and O–H groups in total. The first-order chi connectivity index (χ1) is 5.68. The summed E-state index contributed by atoms with van der Waals surface area (Å²) in [4.78, 5) is 11.3. The first kappa shape index (κ1) is 7.34. The van der Waals surface area contributed by atoms with E-state index >= 15 is 0 Å². The number of hydrogen-bond acceptors (Lipinski definition) is 2. The van der Waals surface area contributed by atoms with E-state index in [0.717, 1.165) is 17.8 Å². The van der Waals surface area contributed by atoms with Crippen molar-refractivity contribution in [3.63, 3.8) is 0 Å². The minimum Gasteiger partial charge on any atom is -0.310 e. The molecule has 2 rings (SSSR count). The molecule has 12 heavy (non-hydrogen) atoms. The molecule has 1 aliphatic rings. The second kappa shape index (κ2) is 2.33. The predicted molar refractivity (Wildman–Crippen MR) is 44.7 cm³/mol. The van der Waals surface area contributed by atoms with Gasteiger partial charge >= 0.3 is 0 Å². The van der Waals surface area contributed by atoms with Gasteiger partial charge in [-0.15, -0.1) is 0 Å². The maximum absolute atomic E-state index is 11.3. The van der Waals surface area contributed by atoms with Gasteiger partial charge in [-0.2, -0.15) is 5.10 Å². The quantitative estimate of drug-likeness (QED) is 0.610. The fraction of sp³-hybridized carbons (Fsp3) is 0.500. The lowest BCUT2D eigenvalue weighted by Crippen LogP contribution is -2.28. The molecule has 4 nitrogen and oxygen atoms in total. The standard InChI is InChI=1S/C8H11N3O/c1-5-3-6-4-9-11(2)7(6)10-8(5)12/h4-5H,3H2,1-2H3,(H,10,12). The molecule has 0 spiro atoms. The number of fused-ring (bicyclic) bond motifs is 1. The summed E-state index contributed by atoms with van der Waals surface area (Å²) in [5.74, 6) is 1.01. The fourth-order valence-electron chi connectivity index (χ4n) is 1.46. The maximum atomic E-state index is 11.3. The largest absolute Gasteiger partial charge is 0.310 e. The lowest BCUT2D eigenvalue weighted by atomic mass is 9.99. The van der Waals surface area contributed by atoms with Crippen molar-refractivity contribution >= 4 is 11.7 Å². The molecule has 2 heterocycles. The number of nitrogens with zero attached hydrogens (tertiary/aromatic N) is 2. The van der Waals surface area contributed by atoms with Crippen LogP contribution in [0.3, 0.4) is 0 Å². The Morgan fingerprint density at radius 1 is 1.75 bits per heavy atom. The first-order valence-electron chi connectivity index (χ1n) is 4.00. The number of aryl methyl sites for hydroxylation is 1. The lowest BCUT2D eigenvalue weighted by Gasteiger charge is -2.18. The molecule has 1 amide bonds. The van der Waals surface area contributed by atoms with Crippen LogP contribution in [0, 0.1) is 5.92 Å². The lowest BCUT2D eigenvalue weighted by molar-refractivity contribution is -0.119. The van der Waals surface area contributed by atoms with Crippen molar-refractivity contribution in [3.05, 3.63) is 11.8 Å². The van der Waals surface area contributed by atoms with Gasteiger partial charge in [0.25, 0.3) is 0 Å². The molecular weight excluding hydrogens is 154 g/mol. The Kier molecular flexibility index (Phi) is 1.43. The molecule has 4 heteroatoms. The summed E-state index contributed by atoms with van der Waals surface area (Å²) in [7, 11) is 1.83. The van der Waals surface area contributed by atoms with E-state index in [9.17, 15) is 4.79 Å².